The highest BCUT2D eigenvalue weighted by atomic mass is 32.3. The smallest absolute Gasteiger partial charge is 0.421 e. The van der Waals surface area contributed by atoms with E-state index in [9.17, 15) is 43.2 Å². The van der Waals surface area contributed by atoms with Crippen molar-refractivity contribution in [1.29, 1.82) is 5.26 Å². The standard InChI is InChI=1S/C8H9N2.C2F6NO4S2/c1-2-10-5-3-4-8(6-9)7-10;3-1(4,5)14(10,11)9-15(12,13)2(6,7)8/h3-5,7H,2H2,1H3;/q+1;-1. The number of halogens is 6. The van der Waals surface area contributed by atoms with Crippen LogP contribution in [-0.2, 0) is 26.6 Å². The maximum atomic E-state index is 11.4. The molecule has 0 bridgehead atoms. The predicted molar refractivity (Wildman–Crippen MR) is 70.3 cm³/mol. The van der Waals surface area contributed by atoms with Gasteiger partial charge in [0.05, 0.1) is 0 Å². The number of nitrogens with zero attached hydrogens (tertiary/aromatic N) is 3. The van der Waals surface area contributed by atoms with Gasteiger partial charge < -0.3 is 4.13 Å². The van der Waals surface area contributed by atoms with Crippen molar-refractivity contribution in [2.45, 2.75) is 24.5 Å². The molecule has 1 rings (SSSR count). The van der Waals surface area contributed by atoms with Gasteiger partial charge in [0.15, 0.2) is 32.4 Å². The molecule has 0 radical (unpaired) electrons. The van der Waals surface area contributed by atoms with Gasteiger partial charge in [0.1, 0.15) is 18.2 Å². The molecule has 1 aromatic heterocycles. The maximum Gasteiger partial charge on any atom is 0.480 e. The second kappa shape index (κ2) is 7.97. The quantitative estimate of drug-likeness (QED) is 0.556. The Morgan fingerprint density at radius 3 is 1.84 bits per heavy atom. The number of nitriles is 1. The minimum Gasteiger partial charge on any atom is -0.421 e. The van der Waals surface area contributed by atoms with E-state index in [0.29, 0.717) is 5.56 Å². The lowest BCUT2D eigenvalue weighted by Gasteiger charge is -2.22. The van der Waals surface area contributed by atoms with Gasteiger partial charge in [-0.3, -0.25) is 0 Å². The van der Waals surface area contributed by atoms with Crippen molar-refractivity contribution >= 4 is 20.0 Å². The zero-order chi connectivity index (χ0) is 20.1. The lowest BCUT2D eigenvalue weighted by atomic mass is 10.3. The number of alkyl halides is 6. The highest BCUT2D eigenvalue weighted by molar-refractivity contribution is 8.13. The van der Waals surface area contributed by atoms with Gasteiger partial charge in [0, 0.05) is 6.07 Å². The lowest BCUT2D eigenvalue weighted by molar-refractivity contribution is -0.693. The van der Waals surface area contributed by atoms with E-state index in [4.69, 9.17) is 5.26 Å². The Morgan fingerprint density at radius 2 is 1.52 bits per heavy atom. The molecule has 15 heteroatoms. The first-order valence-corrected chi connectivity index (χ1v) is 8.71. The van der Waals surface area contributed by atoms with E-state index in [1.54, 1.807) is 6.07 Å². The molecule has 0 saturated carbocycles. The number of aromatic nitrogens is 1. The number of hydrogen-bond donors (Lipinski definition) is 0. The lowest BCUT2D eigenvalue weighted by Crippen LogP contribution is -2.31. The Labute approximate surface area is 138 Å². The van der Waals surface area contributed by atoms with Crippen LogP contribution in [-0.4, -0.2) is 27.9 Å². The van der Waals surface area contributed by atoms with Gasteiger partial charge in [0.25, 0.3) is 0 Å². The van der Waals surface area contributed by atoms with Crippen molar-refractivity contribution in [1.82, 2.24) is 0 Å². The van der Waals surface area contributed by atoms with E-state index < -0.39 is 31.1 Å². The van der Waals surface area contributed by atoms with E-state index in [2.05, 4.69) is 6.07 Å². The van der Waals surface area contributed by atoms with Crippen LogP contribution in [0, 0.1) is 11.3 Å². The molecule has 0 amide bonds. The molecule has 0 N–H and O–H groups in total. The summed E-state index contributed by atoms with van der Waals surface area (Å²) < 4.78 is 111. The Morgan fingerprint density at radius 1 is 1.08 bits per heavy atom. The summed E-state index contributed by atoms with van der Waals surface area (Å²) in [6.07, 6.45) is 3.78. The highest BCUT2D eigenvalue weighted by Gasteiger charge is 2.46. The minimum atomic E-state index is -6.72. The Hall–Kier alpha value is -1.92. The van der Waals surface area contributed by atoms with E-state index in [1.165, 1.54) is 0 Å². The molecule has 1 aromatic rings. The molecule has 0 aliphatic heterocycles. The van der Waals surface area contributed by atoms with Crippen LogP contribution in [0.2, 0.25) is 0 Å². The summed E-state index contributed by atoms with van der Waals surface area (Å²) in [5, 5.41) is 8.49. The summed E-state index contributed by atoms with van der Waals surface area (Å²) in [5.41, 5.74) is -11.7. The van der Waals surface area contributed by atoms with E-state index >= 15 is 0 Å². The number of rotatable bonds is 3. The van der Waals surface area contributed by atoms with Gasteiger partial charge in [-0.2, -0.15) is 31.6 Å². The second-order valence-electron chi connectivity index (χ2n) is 3.95. The van der Waals surface area contributed by atoms with Crippen molar-refractivity contribution in [3.8, 4) is 6.07 Å². The molecule has 1 heterocycles. The van der Waals surface area contributed by atoms with Gasteiger partial charge in [-0.05, 0) is 13.0 Å². The maximum absolute atomic E-state index is 11.4. The molecular weight excluding hydrogens is 404 g/mol. The van der Waals surface area contributed by atoms with Crippen LogP contribution in [0.25, 0.3) is 4.13 Å². The van der Waals surface area contributed by atoms with Crippen molar-refractivity contribution in [2.24, 2.45) is 0 Å². The fraction of sp³-hybridized carbons (Fsp3) is 0.400. The summed E-state index contributed by atoms with van der Waals surface area (Å²) in [6, 6.07) is 5.76. The van der Waals surface area contributed by atoms with Crippen molar-refractivity contribution in [3.63, 3.8) is 0 Å². The molecule has 0 saturated heterocycles. The van der Waals surface area contributed by atoms with Crippen molar-refractivity contribution in [2.75, 3.05) is 0 Å². The van der Waals surface area contributed by atoms with Gasteiger partial charge in [-0.1, -0.05) is 0 Å². The number of pyridine rings is 1. The monoisotopic (exact) mass is 413 g/mol. The Kier molecular flexibility index (Phi) is 7.36. The number of sulfonamides is 2. The third-order valence-electron chi connectivity index (χ3n) is 2.13. The van der Waals surface area contributed by atoms with E-state index in [0.717, 1.165) is 10.7 Å². The highest BCUT2D eigenvalue weighted by Crippen LogP contribution is 2.36. The van der Waals surface area contributed by atoms with Crippen LogP contribution >= 0.6 is 0 Å². The van der Waals surface area contributed by atoms with Crippen LogP contribution < -0.4 is 4.57 Å². The Bertz CT molecular complexity index is 799. The molecule has 25 heavy (non-hydrogen) atoms. The molecule has 0 aliphatic rings. The van der Waals surface area contributed by atoms with Crippen molar-refractivity contribution in [3.05, 3.63) is 34.2 Å². The summed E-state index contributed by atoms with van der Waals surface area (Å²) in [6.45, 7) is 2.96. The predicted octanol–water partition coefficient (Wildman–Crippen LogP) is 1.92. The number of aryl methyl sites for hydroxylation is 1. The first-order chi connectivity index (χ1) is 11.1. The van der Waals surface area contributed by atoms with Crippen LogP contribution in [0.4, 0.5) is 26.3 Å². The summed E-state index contributed by atoms with van der Waals surface area (Å²) in [7, 11) is -13.4. The molecular formula is C10H9F6N3O4S2. The van der Waals surface area contributed by atoms with Crippen LogP contribution in [0.3, 0.4) is 0 Å². The van der Waals surface area contributed by atoms with Crippen LogP contribution in [0.15, 0.2) is 24.5 Å². The third kappa shape index (κ3) is 6.84. The fourth-order valence-corrected chi connectivity index (χ4v) is 2.71. The first kappa shape index (κ1) is 23.1. The summed E-state index contributed by atoms with van der Waals surface area (Å²) >= 11 is 0. The molecule has 0 fully saturated rings. The molecule has 0 aliphatic carbocycles. The second-order valence-corrected chi connectivity index (χ2v) is 7.37. The molecule has 0 atom stereocenters. The van der Waals surface area contributed by atoms with Gasteiger partial charge in [-0.25, -0.2) is 21.4 Å². The molecule has 0 aromatic carbocycles. The fourth-order valence-electron chi connectivity index (χ4n) is 0.998. The molecule has 0 spiro atoms. The summed E-state index contributed by atoms with van der Waals surface area (Å²) in [4.78, 5) is 0. The van der Waals surface area contributed by atoms with Crippen LogP contribution in [0.1, 0.15) is 12.5 Å². The zero-order valence-corrected chi connectivity index (χ0v) is 13.7. The largest absolute Gasteiger partial charge is 0.480 e. The first-order valence-electron chi connectivity index (χ1n) is 5.83. The third-order valence-corrected chi connectivity index (χ3v) is 4.87. The molecule has 7 nitrogen and oxygen atoms in total. The topological polar surface area (TPSA) is 110 Å². The Balaban J connectivity index is 0.000000496. The zero-order valence-electron chi connectivity index (χ0n) is 12.1. The normalized spacial score (nSPS) is 12.7. The summed E-state index contributed by atoms with van der Waals surface area (Å²) in [5.74, 6) is 0. The van der Waals surface area contributed by atoms with E-state index in [-0.39, 0.29) is 0 Å². The molecule has 142 valence electrons. The van der Waals surface area contributed by atoms with Gasteiger partial charge in [-0.15, -0.1) is 0 Å². The van der Waals surface area contributed by atoms with Crippen molar-refractivity contribution < 1.29 is 47.7 Å². The average Bonchev–Trinajstić information content (AvgIpc) is 2.44. The minimum absolute atomic E-state index is 0.712. The van der Waals surface area contributed by atoms with E-state index in [1.807, 2.05) is 30.0 Å². The van der Waals surface area contributed by atoms with Gasteiger partial charge in [0.2, 0.25) is 0 Å². The van der Waals surface area contributed by atoms with Gasteiger partial charge >= 0.3 is 11.0 Å². The van der Waals surface area contributed by atoms with Crippen LogP contribution in [0.5, 0.6) is 0 Å². The SMILES string of the molecule is CC[n+]1cccc(C#N)c1.O=S(=O)([N-]S(=O)(=O)C(F)(F)F)C(F)(F)F. The number of hydrogen-bond acceptors (Lipinski definition) is 5. The average molecular weight is 413 g/mol. The molecule has 0 unspecified atom stereocenters.